The van der Waals surface area contributed by atoms with Crippen LogP contribution >= 0.6 is 0 Å². The van der Waals surface area contributed by atoms with Gasteiger partial charge < -0.3 is 15.5 Å². The fourth-order valence-electron chi connectivity index (χ4n) is 4.41. The van der Waals surface area contributed by atoms with Crippen molar-refractivity contribution in [1.29, 1.82) is 0 Å². The molecule has 7 nitrogen and oxygen atoms in total. The number of carbonyl (C=O) groups excluding carboxylic acids is 2. The van der Waals surface area contributed by atoms with Gasteiger partial charge in [0.1, 0.15) is 11.8 Å². The molecule has 0 spiro atoms. The molecule has 2 aromatic rings. The summed E-state index contributed by atoms with van der Waals surface area (Å²) >= 11 is 0. The molecule has 168 valence electrons. The zero-order valence-corrected chi connectivity index (χ0v) is 18.4. The number of amides is 2. The van der Waals surface area contributed by atoms with Crippen LogP contribution in [0.15, 0.2) is 65.8 Å². The van der Waals surface area contributed by atoms with Gasteiger partial charge in [-0.25, -0.2) is 0 Å². The van der Waals surface area contributed by atoms with Crippen LogP contribution in [0.2, 0.25) is 0 Å². The van der Waals surface area contributed by atoms with Crippen LogP contribution in [0.1, 0.15) is 24.8 Å². The van der Waals surface area contributed by atoms with Crippen LogP contribution < -0.4 is 10.7 Å². The van der Waals surface area contributed by atoms with Crippen molar-refractivity contribution in [3.05, 3.63) is 66.2 Å². The molecule has 7 heteroatoms. The highest BCUT2D eigenvalue weighted by Gasteiger charge is 2.36. The highest BCUT2D eigenvalue weighted by atomic mass is 16.2. The molecule has 4 rings (SSSR count). The molecule has 2 aromatic carbocycles. The van der Waals surface area contributed by atoms with E-state index in [1.54, 1.807) is 5.01 Å². The van der Waals surface area contributed by atoms with E-state index < -0.39 is 11.9 Å². The van der Waals surface area contributed by atoms with E-state index in [0.717, 1.165) is 44.6 Å². The second-order valence-electron chi connectivity index (χ2n) is 8.43. The number of aryl methyl sites for hydroxylation is 1. The quantitative estimate of drug-likeness (QED) is 0.726. The number of benzene rings is 2. The van der Waals surface area contributed by atoms with E-state index in [9.17, 15) is 9.59 Å². The van der Waals surface area contributed by atoms with Crippen LogP contribution in [-0.4, -0.2) is 66.1 Å². The molecule has 2 aliphatic rings. The van der Waals surface area contributed by atoms with Crippen LogP contribution in [0.3, 0.4) is 0 Å². The summed E-state index contributed by atoms with van der Waals surface area (Å²) in [6.45, 7) is 4.26. The molecule has 1 fully saturated rings. The molecule has 0 bridgehead atoms. The number of nitrogens with two attached hydrogens (primary N) is 1. The zero-order chi connectivity index (χ0) is 22.3. The van der Waals surface area contributed by atoms with Gasteiger partial charge in [0.2, 0.25) is 5.91 Å². The molecule has 2 aliphatic heterocycles. The number of nitrogens with zero attached hydrogens (tertiary/aromatic N) is 4. The summed E-state index contributed by atoms with van der Waals surface area (Å²) in [5.41, 5.74) is 8.15. The average Bonchev–Trinajstić information content (AvgIpc) is 3.14. The first-order chi connectivity index (χ1) is 15.6. The Kier molecular flexibility index (Phi) is 7.17. The average molecular weight is 434 g/mol. The Bertz CT molecular complexity index is 947. The number of carbonyl (C=O) groups is 2. The highest BCUT2D eigenvalue weighted by molar-refractivity contribution is 6.40. The van der Waals surface area contributed by atoms with Crippen molar-refractivity contribution < 1.29 is 9.59 Å². The summed E-state index contributed by atoms with van der Waals surface area (Å²) in [6.07, 6.45) is 3.37. The maximum Gasteiger partial charge on any atom is 0.270 e. The van der Waals surface area contributed by atoms with Gasteiger partial charge in [0.05, 0.1) is 5.69 Å². The van der Waals surface area contributed by atoms with Crippen molar-refractivity contribution >= 4 is 23.2 Å². The molecular formula is C25H31N5O2. The van der Waals surface area contributed by atoms with Gasteiger partial charge in [-0.15, -0.1) is 0 Å². The Morgan fingerprint density at radius 1 is 0.938 bits per heavy atom. The van der Waals surface area contributed by atoms with Crippen molar-refractivity contribution in [2.45, 2.75) is 31.7 Å². The summed E-state index contributed by atoms with van der Waals surface area (Å²) in [5.74, 6) is -0.554. The Morgan fingerprint density at radius 3 is 2.38 bits per heavy atom. The van der Waals surface area contributed by atoms with Gasteiger partial charge in [0.25, 0.3) is 5.91 Å². The van der Waals surface area contributed by atoms with Crippen molar-refractivity contribution in [3.8, 4) is 0 Å². The molecule has 2 heterocycles. The third kappa shape index (κ3) is 5.34. The largest absolute Gasteiger partial charge is 0.368 e. The van der Waals surface area contributed by atoms with Gasteiger partial charge in [-0.3, -0.25) is 14.6 Å². The highest BCUT2D eigenvalue weighted by Crippen LogP contribution is 2.25. The fourth-order valence-corrected chi connectivity index (χ4v) is 4.41. The number of para-hydroxylation sites is 1. The second-order valence-corrected chi connectivity index (χ2v) is 8.43. The molecule has 32 heavy (non-hydrogen) atoms. The van der Waals surface area contributed by atoms with E-state index in [1.807, 2.05) is 41.3 Å². The standard InChI is InChI=1S/C25H31N5O2/c26-24(31)23-19-22(27-30(23)21-12-5-2-6-13-21)25(32)29-16-8-15-28(17-18-29)14-7-11-20-9-3-1-4-10-20/h1-6,9-10,12-13,23H,7-8,11,14-19H2,(H2,26,31). The lowest BCUT2D eigenvalue weighted by molar-refractivity contribution is -0.124. The van der Waals surface area contributed by atoms with E-state index in [2.05, 4.69) is 34.3 Å². The number of rotatable bonds is 7. The van der Waals surface area contributed by atoms with Crippen LogP contribution in [0.25, 0.3) is 0 Å². The van der Waals surface area contributed by atoms with Crippen molar-refractivity contribution in [1.82, 2.24) is 9.80 Å². The van der Waals surface area contributed by atoms with Crippen LogP contribution in [0.4, 0.5) is 5.69 Å². The molecular weight excluding hydrogens is 402 g/mol. The SMILES string of the molecule is NC(=O)C1CC(C(=O)N2CCCN(CCCc3ccccc3)CC2)=NN1c1ccccc1. The van der Waals surface area contributed by atoms with Gasteiger partial charge in [0, 0.05) is 26.1 Å². The molecule has 1 unspecified atom stereocenters. The lowest BCUT2D eigenvalue weighted by Crippen LogP contribution is -2.41. The third-order valence-corrected chi connectivity index (χ3v) is 6.16. The van der Waals surface area contributed by atoms with Crippen molar-refractivity contribution in [2.24, 2.45) is 10.8 Å². The minimum Gasteiger partial charge on any atom is -0.368 e. The molecule has 2 N–H and O–H groups in total. The Hall–Kier alpha value is -3.19. The first-order valence-corrected chi connectivity index (χ1v) is 11.4. The Balaban J connectivity index is 1.33. The second kappa shape index (κ2) is 10.4. The van der Waals surface area contributed by atoms with E-state index >= 15 is 0 Å². The van der Waals surface area contributed by atoms with Gasteiger partial charge in [-0.1, -0.05) is 48.5 Å². The van der Waals surface area contributed by atoms with E-state index in [4.69, 9.17) is 5.73 Å². The van der Waals surface area contributed by atoms with Gasteiger partial charge in [-0.05, 0) is 50.0 Å². The molecule has 0 aromatic heterocycles. The summed E-state index contributed by atoms with van der Waals surface area (Å²) in [6, 6.07) is 19.3. The first kappa shape index (κ1) is 22.0. The molecule has 0 saturated carbocycles. The maximum atomic E-state index is 13.2. The van der Waals surface area contributed by atoms with E-state index in [0.29, 0.717) is 18.8 Å². The first-order valence-electron chi connectivity index (χ1n) is 11.4. The summed E-state index contributed by atoms with van der Waals surface area (Å²) < 4.78 is 0. The fraction of sp³-hybridized carbons (Fsp3) is 0.400. The number of anilines is 1. The van der Waals surface area contributed by atoms with Crippen LogP contribution in [0, 0.1) is 0 Å². The van der Waals surface area contributed by atoms with Gasteiger partial charge in [0.15, 0.2) is 0 Å². The number of hydrogen-bond acceptors (Lipinski definition) is 5. The van der Waals surface area contributed by atoms with Gasteiger partial charge in [-0.2, -0.15) is 5.10 Å². The lowest BCUT2D eigenvalue weighted by Gasteiger charge is -2.22. The predicted molar refractivity (Wildman–Crippen MR) is 126 cm³/mol. The molecule has 1 saturated heterocycles. The monoisotopic (exact) mass is 433 g/mol. The summed E-state index contributed by atoms with van der Waals surface area (Å²) in [7, 11) is 0. The van der Waals surface area contributed by atoms with E-state index in [-0.39, 0.29) is 12.3 Å². The third-order valence-electron chi connectivity index (χ3n) is 6.16. The van der Waals surface area contributed by atoms with Crippen molar-refractivity contribution in [3.63, 3.8) is 0 Å². The molecule has 1 atom stereocenters. The predicted octanol–water partition coefficient (Wildman–Crippen LogP) is 2.27. The van der Waals surface area contributed by atoms with E-state index in [1.165, 1.54) is 5.56 Å². The maximum absolute atomic E-state index is 13.2. The number of hydrogen-bond donors (Lipinski definition) is 1. The summed E-state index contributed by atoms with van der Waals surface area (Å²) in [5, 5.41) is 6.10. The Morgan fingerprint density at radius 2 is 1.66 bits per heavy atom. The van der Waals surface area contributed by atoms with Crippen LogP contribution in [0.5, 0.6) is 0 Å². The molecule has 0 radical (unpaired) electrons. The normalized spacial score (nSPS) is 19.5. The minimum absolute atomic E-state index is 0.0826. The lowest BCUT2D eigenvalue weighted by atomic mass is 10.1. The topological polar surface area (TPSA) is 82.2 Å². The van der Waals surface area contributed by atoms with Gasteiger partial charge >= 0.3 is 0 Å². The Labute approximate surface area is 189 Å². The van der Waals surface area contributed by atoms with Crippen LogP contribution in [-0.2, 0) is 16.0 Å². The number of primary amides is 1. The zero-order valence-electron chi connectivity index (χ0n) is 18.4. The summed E-state index contributed by atoms with van der Waals surface area (Å²) in [4.78, 5) is 29.5. The number of hydrazone groups is 1. The smallest absolute Gasteiger partial charge is 0.270 e. The minimum atomic E-state index is -0.627. The molecule has 0 aliphatic carbocycles. The molecule has 2 amide bonds. The van der Waals surface area contributed by atoms with Crippen molar-refractivity contribution in [2.75, 3.05) is 37.7 Å².